The second-order valence-electron chi connectivity index (χ2n) is 4.29. The molecule has 2 rings (SSSR count). The lowest BCUT2D eigenvalue weighted by Crippen LogP contribution is -2.41. The van der Waals surface area contributed by atoms with Crippen molar-refractivity contribution in [2.45, 2.75) is 18.3 Å². The van der Waals surface area contributed by atoms with Crippen molar-refractivity contribution in [3.05, 3.63) is 35.6 Å². The van der Waals surface area contributed by atoms with Gasteiger partial charge in [0.05, 0.1) is 18.6 Å². The number of hydrogen-bond donors (Lipinski definition) is 0. The molecule has 0 aromatic heterocycles. The summed E-state index contributed by atoms with van der Waals surface area (Å²) in [6.45, 7) is 1.30. The molecule has 0 bridgehead atoms. The summed E-state index contributed by atoms with van der Waals surface area (Å²) >= 11 is 0. The highest BCUT2D eigenvalue weighted by atomic mass is 19.1. The minimum Gasteiger partial charge on any atom is -0.302 e. The van der Waals surface area contributed by atoms with Gasteiger partial charge in [0.15, 0.2) is 0 Å². The van der Waals surface area contributed by atoms with Crippen LogP contribution in [0.15, 0.2) is 24.3 Å². The van der Waals surface area contributed by atoms with Crippen molar-refractivity contribution in [2.24, 2.45) is 0 Å². The maximum atomic E-state index is 13.8. The third kappa shape index (κ3) is 2.17. The van der Waals surface area contributed by atoms with Crippen LogP contribution in [0.2, 0.25) is 0 Å². The number of halogens is 1. The molecule has 1 aliphatic heterocycles. The maximum absolute atomic E-state index is 13.8. The molecule has 1 fully saturated rings. The van der Waals surface area contributed by atoms with Crippen LogP contribution in [0.4, 0.5) is 4.39 Å². The van der Waals surface area contributed by atoms with Gasteiger partial charge in [-0.1, -0.05) is 18.2 Å². The van der Waals surface area contributed by atoms with Crippen LogP contribution < -0.4 is 0 Å². The number of benzene rings is 1. The van der Waals surface area contributed by atoms with Crippen molar-refractivity contribution in [1.29, 1.82) is 5.26 Å². The highest BCUT2D eigenvalue weighted by molar-refractivity contribution is 5.34. The fraction of sp³-hybridized carbons (Fsp3) is 0.462. The quantitative estimate of drug-likeness (QED) is 0.787. The van der Waals surface area contributed by atoms with E-state index in [9.17, 15) is 9.65 Å². The molecule has 17 heavy (non-hydrogen) atoms. The van der Waals surface area contributed by atoms with Crippen molar-refractivity contribution in [3.63, 3.8) is 0 Å². The zero-order valence-electron chi connectivity index (χ0n) is 9.82. The Bertz CT molecular complexity index is 433. The fourth-order valence-electron chi connectivity index (χ4n) is 2.34. The molecule has 0 radical (unpaired) electrons. The molecular formula is C13H15FN2O. The van der Waals surface area contributed by atoms with Gasteiger partial charge in [0.2, 0.25) is 0 Å². The second kappa shape index (κ2) is 4.82. The minimum atomic E-state index is -0.708. The first-order chi connectivity index (χ1) is 8.22. The van der Waals surface area contributed by atoms with Gasteiger partial charge in [-0.3, -0.25) is 0 Å². The van der Waals surface area contributed by atoms with Crippen LogP contribution in [0.5, 0.6) is 0 Å². The van der Waals surface area contributed by atoms with Gasteiger partial charge in [-0.25, -0.2) is 4.39 Å². The predicted molar refractivity (Wildman–Crippen MR) is 61.5 cm³/mol. The Kier molecular flexibility index (Phi) is 3.41. The molecule has 0 saturated carbocycles. The van der Waals surface area contributed by atoms with E-state index in [1.54, 1.807) is 30.4 Å². The Labute approximate surface area is 100 Å². The smallest absolute Gasteiger partial charge is 0.128 e. The molecule has 4 heteroatoms. The van der Waals surface area contributed by atoms with Gasteiger partial charge in [-0.2, -0.15) is 10.3 Å². The van der Waals surface area contributed by atoms with Crippen LogP contribution in [0.3, 0.4) is 0 Å². The Morgan fingerprint density at radius 2 is 2.00 bits per heavy atom. The monoisotopic (exact) mass is 234 g/mol. The van der Waals surface area contributed by atoms with Crippen molar-refractivity contribution in [1.82, 2.24) is 5.06 Å². The molecule has 0 atom stereocenters. The van der Waals surface area contributed by atoms with Gasteiger partial charge >= 0.3 is 0 Å². The lowest BCUT2D eigenvalue weighted by molar-refractivity contribution is -0.147. The number of piperidine rings is 1. The first kappa shape index (κ1) is 12.0. The van der Waals surface area contributed by atoms with Crippen LogP contribution in [0.1, 0.15) is 18.4 Å². The highest BCUT2D eigenvalue weighted by Crippen LogP contribution is 2.36. The van der Waals surface area contributed by atoms with E-state index in [0.29, 0.717) is 31.5 Å². The van der Waals surface area contributed by atoms with Crippen LogP contribution in [0, 0.1) is 17.1 Å². The number of rotatable bonds is 2. The molecule has 0 amide bonds. The van der Waals surface area contributed by atoms with E-state index in [0.717, 1.165) is 0 Å². The maximum Gasteiger partial charge on any atom is 0.128 e. The summed E-state index contributed by atoms with van der Waals surface area (Å²) in [5.74, 6) is -0.292. The summed E-state index contributed by atoms with van der Waals surface area (Å²) in [6, 6.07) is 8.85. The average molecular weight is 234 g/mol. The summed E-state index contributed by atoms with van der Waals surface area (Å²) in [7, 11) is 1.61. The molecule has 1 aromatic rings. The SMILES string of the molecule is CON1CCC(C#N)(c2ccccc2F)CC1. The van der Waals surface area contributed by atoms with Gasteiger partial charge in [0.25, 0.3) is 0 Å². The van der Waals surface area contributed by atoms with E-state index in [-0.39, 0.29) is 5.82 Å². The van der Waals surface area contributed by atoms with Crippen molar-refractivity contribution < 1.29 is 9.23 Å². The average Bonchev–Trinajstić information content (AvgIpc) is 2.39. The van der Waals surface area contributed by atoms with Gasteiger partial charge in [-0.05, 0) is 18.9 Å². The van der Waals surface area contributed by atoms with E-state index >= 15 is 0 Å². The van der Waals surface area contributed by atoms with E-state index < -0.39 is 5.41 Å². The lowest BCUT2D eigenvalue weighted by Gasteiger charge is -2.36. The predicted octanol–water partition coefficient (Wildman–Crippen LogP) is 2.24. The van der Waals surface area contributed by atoms with Gasteiger partial charge in [0, 0.05) is 18.7 Å². The minimum absolute atomic E-state index is 0.292. The first-order valence-corrected chi connectivity index (χ1v) is 5.67. The van der Waals surface area contributed by atoms with Gasteiger partial charge in [0.1, 0.15) is 5.82 Å². The van der Waals surface area contributed by atoms with Gasteiger partial charge < -0.3 is 4.84 Å². The van der Waals surface area contributed by atoms with Crippen molar-refractivity contribution >= 4 is 0 Å². The summed E-state index contributed by atoms with van der Waals surface area (Å²) in [5, 5.41) is 11.2. The standard InChI is InChI=1S/C13H15FN2O/c1-17-16-8-6-13(10-15,7-9-16)11-4-2-3-5-12(11)14/h2-5H,6-9H2,1H3. The Morgan fingerprint density at radius 3 is 2.53 bits per heavy atom. The highest BCUT2D eigenvalue weighted by Gasteiger charge is 2.38. The molecule has 90 valence electrons. The third-order valence-corrected chi connectivity index (χ3v) is 3.44. The van der Waals surface area contributed by atoms with Crippen LogP contribution in [0.25, 0.3) is 0 Å². The second-order valence-corrected chi connectivity index (χ2v) is 4.29. The number of hydroxylamine groups is 2. The number of nitriles is 1. The summed E-state index contributed by atoms with van der Waals surface area (Å²) in [4.78, 5) is 5.13. The summed E-state index contributed by atoms with van der Waals surface area (Å²) in [5.41, 5.74) is -0.196. The Morgan fingerprint density at radius 1 is 1.35 bits per heavy atom. The third-order valence-electron chi connectivity index (χ3n) is 3.44. The zero-order chi connectivity index (χ0) is 12.3. The molecular weight excluding hydrogens is 219 g/mol. The van der Waals surface area contributed by atoms with Crippen molar-refractivity contribution in [3.8, 4) is 6.07 Å². The molecule has 1 aliphatic rings. The summed E-state index contributed by atoms with van der Waals surface area (Å²) < 4.78 is 13.8. The van der Waals surface area contributed by atoms with E-state index in [2.05, 4.69) is 6.07 Å². The lowest BCUT2D eigenvalue weighted by atomic mass is 9.74. The Hall–Kier alpha value is -1.44. The zero-order valence-corrected chi connectivity index (χ0v) is 9.82. The van der Waals surface area contributed by atoms with E-state index in [1.165, 1.54) is 6.07 Å². The van der Waals surface area contributed by atoms with E-state index in [1.807, 2.05) is 0 Å². The molecule has 3 nitrogen and oxygen atoms in total. The normalized spacial score (nSPS) is 19.8. The number of nitrogens with zero attached hydrogens (tertiary/aromatic N) is 2. The fourth-order valence-corrected chi connectivity index (χ4v) is 2.34. The summed E-state index contributed by atoms with van der Waals surface area (Å²) in [6.07, 6.45) is 1.19. The molecule has 1 aromatic carbocycles. The molecule has 1 saturated heterocycles. The van der Waals surface area contributed by atoms with Gasteiger partial charge in [-0.15, -0.1) is 0 Å². The first-order valence-electron chi connectivity index (χ1n) is 5.67. The van der Waals surface area contributed by atoms with E-state index in [4.69, 9.17) is 4.84 Å². The van der Waals surface area contributed by atoms with Crippen LogP contribution in [-0.2, 0) is 10.3 Å². The molecule has 0 N–H and O–H groups in total. The van der Waals surface area contributed by atoms with Crippen LogP contribution in [-0.4, -0.2) is 25.3 Å². The van der Waals surface area contributed by atoms with Crippen molar-refractivity contribution in [2.75, 3.05) is 20.2 Å². The molecule has 0 aliphatic carbocycles. The molecule has 0 unspecified atom stereocenters. The molecule has 0 spiro atoms. The topological polar surface area (TPSA) is 36.3 Å². The molecule has 1 heterocycles. The Balaban J connectivity index is 2.29. The van der Waals surface area contributed by atoms with Crippen LogP contribution >= 0.6 is 0 Å². The number of hydrogen-bond acceptors (Lipinski definition) is 3. The largest absolute Gasteiger partial charge is 0.302 e.